The van der Waals surface area contributed by atoms with Crippen molar-refractivity contribution in [2.45, 2.75) is 6.42 Å². The summed E-state index contributed by atoms with van der Waals surface area (Å²) < 4.78 is 0. The largest absolute Gasteiger partial charge is 0.478 e. The first-order valence-corrected chi connectivity index (χ1v) is 5.86. The van der Waals surface area contributed by atoms with Gasteiger partial charge < -0.3 is 15.3 Å². The third-order valence-corrected chi connectivity index (χ3v) is 3.13. The van der Waals surface area contributed by atoms with Crippen LogP contribution in [0.3, 0.4) is 0 Å². The number of nitrogens with one attached hydrogen (secondary N) is 1. The molecule has 2 N–H and O–H groups in total. The molecule has 1 unspecified atom stereocenters. The minimum Gasteiger partial charge on any atom is -0.478 e. The molecule has 2 rings (SSSR count). The van der Waals surface area contributed by atoms with Crippen LogP contribution >= 0.6 is 0 Å². The van der Waals surface area contributed by atoms with Gasteiger partial charge in [0.1, 0.15) is 0 Å². The third kappa shape index (κ3) is 2.73. The van der Waals surface area contributed by atoms with Crippen molar-refractivity contribution >= 4 is 23.5 Å². The van der Waals surface area contributed by atoms with Crippen molar-refractivity contribution in [3.05, 3.63) is 29.8 Å². The Labute approximate surface area is 110 Å². The molecule has 0 bridgehead atoms. The van der Waals surface area contributed by atoms with Gasteiger partial charge in [-0.05, 0) is 12.1 Å². The molecule has 0 saturated carbocycles. The summed E-state index contributed by atoms with van der Waals surface area (Å²) >= 11 is 0. The summed E-state index contributed by atoms with van der Waals surface area (Å²) in [5.74, 6) is -1.94. The fraction of sp³-hybridized carbons (Fsp3) is 0.308. The molecule has 1 aliphatic heterocycles. The molecule has 100 valence electrons. The molecule has 1 saturated heterocycles. The Bertz CT molecular complexity index is 541. The van der Waals surface area contributed by atoms with E-state index in [1.54, 1.807) is 19.2 Å². The molecule has 1 fully saturated rings. The highest BCUT2D eigenvalue weighted by atomic mass is 16.4. The summed E-state index contributed by atoms with van der Waals surface area (Å²) in [6, 6.07) is 6.19. The zero-order valence-corrected chi connectivity index (χ0v) is 10.4. The molecular formula is C13H14N2O4. The number of likely N-dealkylation sites (tertiary alicyclic amines) is 1. The smallest absolute Gasteiger partial charge is 0.337 e. The number of rotatable bonds is 3. The highest BCUT2D eigenvalue weighted by Crippen LogP contribution is 2.20. The fourth-order valence-electron chi connectivity index (χ4n) is 2.05. The predicted molar refractivity (Wildman–Crippen MR) is 67.8 cm³/mol. The highest BCUT2D eigenvalue weighted by molar-refractivity contribution is 6.02. The number of hydrogen-bond acceptors (Lipinski definition) is 3. The molecule has 6 heteroatoms. The van der Waals surface area contributed by atoms with Gasteiger partial charge in [-0.25, -0.2) is 4.79 Å². The Kier molecular flexibility index (Phi) is 3.50. The second kappa shape index (κ2) is 5.09. The molecule has 0 spiro atoms. The lowest BCUT2D eigenvalue weighted by molar-refractivity contribution is -0.127. The number of nitrogens with zero attached hydrogens (tertiary/aromatic N) is 1. The van der Waals surface area contributed by atoms with Crippen LogP contribution in [-0.2, 0) is 9.59 Å². The van der Waals surface area contributed by atoms with Crippen LogP contribution in [0.1, 0.15) is 16.8 Å². The van der Waals surface area contributed by atoms with E-state index in [1.165, 1.54) is 17.0 Å². The maximum Gasteiger partial charge on any atom is 0.337 e. The van der Waals surface area contributed by atoms with Crippen LogP contribution in [0.15, 0.2) is 24.3 Å². The van der Waals surface area contributed by atoms with Gasteiger partial charge in [0.25, 0.3) is 0 Å². The number of benzene rings is 1. The first-order chi connectivity index (χ1) is 8.99. The molecular weight excluding hydrogens is 248 g/mol. The van der Waals surface area contributed by atoms with Crippen molar-refractivity contribution in [3.63, 3.8) is 0 Å². The number of anilines is 1. The average Bonchev–Trinajstić information content (AvgIpc) is 2.70. The monoisotopic (exact) mass is 262 g/mol. The molecule has 1 heterocycles. The van der Waals surface area contributed by atoms with E-state index >= 15 is 0 Å². The molecule has 2 amide bonds. The molecule has 1 atom stereocenters. The minimum absolute atomic E-state index is 0.0357. The van der Waals surface area contributed by atoms with Crippen LogP contribution in [-0.4, -0.2) is 41.4 Å². The minimum atomic E-state index is -1.10. The molecule has 6 nitrogen and oxygen atoms in total. The van der Waals surface area contributed by atoms with Crippen molar-refractivity contribution in [2.24, 2.45) is 5.92 Å². The van der Waals surface area contributed by atoms with Gasteiger partial charge >= 0.3 is 5.97 Å². The van der Waals surface area contributed by atoms with E-state index in [0.29, 0.717) is 6.54 Å². The number of para-hydroxylation sites is 1. The van der Waals surface area contributed by atoms with E-state index < -0.39 is 11.9 Å². The van der Waals surface area contributed by atoms with Crippen LogP contribution in [0.5, 0.6) is 0 Å². The summed E-state index contributed by atoms with van der Waals surface area (Å²) in [5, 5.41) is 11.6. The standard InChI is InChI=1S/C13H14N2O4/c1-15-7-8(6-11(15)16)12(17)14-10-5-3-2-4-9(10)13(18)19/h2-5,8H,6-7H2,1H3,(H,14,17)(H,18,19). The van der Waals surface area contributed by atoms with Crippen molar-refractivity contribution < 1.29 is 19.5 Å². The van der Waals surface area contributed by atoms with Gasteiger partial charge in [0.15, 0.2) is 0 Å². The van der Waals surface area contributed by atoms with Crippen molar-refractivity contribution in [2.75, 3.05) is 18.9 Å². The lowest BCUT2D eigenvalue weighted by Gasteiger charge is -2.12. The first-order valence-electron chi connectivity index (χ1n) is 5.86. The maximum absolute atomic E-state index is 12.0. The Hall–Kier alpha value is -2.37. The quantitative estimate of drug-likeness (QED) is 0.843. The SMILES string of the molecule is CN1CC(C(=O)Nc2ccccc2C(=O)O)CC1=O. The first kappa shape index (κ1) is 13.1. The van der Waals surface area contributed by atoms with E-state index in [-0.39, 0.29) is 29.5 Å². The lowest BCUT2D eigenvalue weighted by Crippen LogP contribution is -2.26. The number of carbonyl (C=O) groups excluding carboxylic acids is 2. The van der Waals surface area contributed by atoms with Gasteiger partial charge in [-0.1, -0.05) is 12.1 Å². The van der Waals surface area contributed by atoms with Crippen molar-refractivity contribution in [3.8, 4) is 0 Å². The van der Waals surface area contributed by atoms with Gasteiger partial charge in [0, 0.05) is 20.0 Å². The second-order valence-corrected chi connectivity index (χ2v) is 4.52. The van der Waals surface area contributed by atoms with Gasteiger partial charge in [-0.3, -0.25) is 9.59 Å². The summed E-state index contributed by atoms with van der Waals surface area (Å²) in [6.45, 7) is 0.361. The number of amides is 2. The Morgan fingerprint density at radius 1 is 1.37 bits per heavy atom. The van der Waals surface area contributed by atoms with Crippen LogP contribution < -0.4 is 5.32 Å². The summed E-state index contributed by atoms with van der Waals surface area (Å²) in [6.07, 6.45) is 0.164. The van der Waals surface area contributed by atoms with Crippen LogP contribution in [0.25, 0.3) is 0 Å². The summed E-state index contributed by atoms with van der Waals surface area (Å²) in [7, 11) is 1.64. The van der Waals surface area contributed by atoms with Gasteiger partial charge in [0.2, 0.25) is 11.8 Å². The Morgan fingerprint density at radius 2 is 2.05 bits per heavy atom. The Balaban J connectivity index is 2.12. The van der Waals surface area contributed by atoms with Crippen molar-refractivity contribution in [1.82, 2.24) is 4.90 Å². The number of hydrogen-bond donors (Lipinski definition) is 2. The zero-order chi connectivity index (χ0) is 14.0. The maximum atomic E-state index is 12.0. The fourth-order valence-corrected chi connectivity index (χ4v) is 2.05. The molecule has 0 aromatic heterocycles. The van der Waals surface area contributed by atoms with E-state index in [2.05, 4.69) is 5.32 Å². The third-order valence-electron chi connectivity index (χ3n) is 3.13. The average molecular weight is 262 g/mol. The number of aromatic carboxylic acids is 1. The number of carboxylic acid groups (broad SMARTS) is 1. The van der Waals surface area contributed by atoms with Crippen LogP contribution in [0.4, 0.5) is 5.69 Å². The van der Waals surface area contributed by atoms with Gasteiger partial charge in [-0.15, -0.1) is 0 Å². The molecule has 19 heavy (non-hydrogen) atoms. The number of carboxylic acids is 1. The molecule has 1 aliphatic rings. The van der Waals surface area contributed by atoms with Gasteiger partial charge in [0.05, 0.1) is 17.2 Å². The van der Waals surface area contributed by atoms with E-state index in [4.69, 9.17) is 5.11 Å². The summed E-state index contributed by atoms with van der Waals surface area (Å²) in [5.41, 5.74) is 0.288. The second-order valence-electron chi connectivity index (χ2n) is 4.52. The topological polar surface area (TPSA) is 86.7 Å². The van der Waals surface area contributed by atoms with E-state index in [0.717, 1.165) is 0 Å². The molecule has 0 radical (unpaired) electrons. The van der Waals surface area contributed by atoms with Crippen LogP contribution in [0, 0.1) is 5.92 Å². The van der Waals surface area contributed by atoms with E-state index in [9.17, 15) is 14.4 Å². The molecule has 1 aromatic rings. The van der Waals surface area contributed by atoms with Crippen molar-refractivity contribution in [1.29, 1.82) is 0 Å². The highest BCUT2D eigenvalue weighted by Gasteiger charge is 2.32. The van der Waals surface area contributed by atoms with Crippen LogP contribution in [0.2, 0.25) is 0 Å². The number of carbonyl (C=O) groups is 3. The predicted octanol–water partition coefficient (Wildman–Crippen LogP) is 0.802. The lowest BCUT2D eigenvalue weighted by atomic mass is 10.1. The Morgan fingerprint density at radius 3 is 2.63 bits per heavy atom. The normalized spacial score (nSPS) is 18.5. The molecule has 1 aromatic carbocycles. The van der Waals surface area contributed by atoms with Gasteiger partial charge in [-0.2, -0.15) is 0 Å². The molecule has 0 aliphatic carbocycles. The zero-order valence-electron chi connectivity index (χ0n) is 10.4. The van der Waals surface area contributed by atoms with E-state index in [1.807, 2.05) is 0 Å². The summed E-state index contributed by atoms with van der Waals surface area (Å²) in [4.78, 5) is 35.9.